The van der Waals surface area contributed by atoms with Gasteiger partial charge in [-0.1, -0.05) is 58.0 Å². The predicted molar refractivity (Wildman–Crippen MR) is 141 cm³/mol. The standard InChI is InChI=1S/C29H42N4O5/c1-18(2)12-24-27(34)31(23-14-21-10-11-22(15-23)30-21)16-26-32(24)28(35)25(13-19(3)4)38-33(26)29(36)37-17-20-8-6-5-7-9-20/h5-9,18-19,21-26,30H,10-17H2,1-4H3/t21?,22?,23?,24-,25+,26-/m0/s1. The average Bonchev–Trinajstić information content (AvgIpc) is 3.22. The summed E-state index contributed by atoms with van der Waals surface area (Å²) in [5.74, 6) is 0.164. The molecular formula is C29H42N4O5. The number of piperidine rings is 1. The summed E-state index contributed by atoms with van der Waals surface area (Å²) < 4.78 is 5.68. The lowest BCUT2D eigenvalue weighted by Gasteiger charge is -2.54. The van der Waals surface area contributed by atoms with Crippen LogP contribution in [0.2, 0.25) is 0 Å². The number of hydrogen-bond acceptors (Lipinski definition) is 6. The first-order valence-electron chi connectivity index (χ1n) is 14.3. The summed E-state index contributed by atoms with van der Waals surface area (Å²) in [5.41, 5.74) is 0.868. The molecule has 4 aliphatic heterocycles. The van der Waals surface area contributed by atoms with Crippen LogP contribution >= 0.6 is 0 Å². The van der Waals surface area contributed by atoms with Crippen molar-refractivity contribution in [3.8, 4) is 0 Å². The zero-order valence-electron chi connectivity index (χ0n) is 23.0. The summed E-state index contributed by atoms with van der Waals surface area (Å²) in [6.45, 7) is 8.49. The van der Waals surface area contributed by atoms with Gasteiger partial charge in [-0.05, 0) is 55.9 Å². The molecule has 38 heavy (non-hydrogen) atoms. The monoisotopic (exact) mass is 526 g/mol. The number of carbonyl (C=O) groups excluding carboxylic acids is 3. The highest BCUT2D eigenvalue weighted by Gasteiger charge is 2.55. The van der Waals surface area contributed by atoms with Gasteiger partial charge in [0.2, 0.25) is 5.91 Å². The van der Waals surface area contributed by atoms with Crippen molar-refractivity contribution in [1.82, 2.24) is 20.2 Å². The molecule has 5 atom stereocenters. The molecule has 208 valence electrons. The fraction of sp³-hybridized carbons (Fsp3) is 0.690. The van der Waals surface area contributed by atoms with Gasteiger partial charge in [0.1, 0.15) is 12.6 Å². The Labute approximate surface area is 225 Å². The maximum Gasteiger partial charge on any atom is 0.436 e. The quantitative estimate of drug-likeness (QED) is 0.583. The first-order valence-corrected chi connectivity index (χ1v) is 14.3. The molecule has 1 aromatic rings. The summed E-state index contributed by atoms with van der Waals surface area (Å²) in [6, 6.07) is 9.79. The molecule has 3 amide bonds. The molecule has 4 aliphatic rings. The molecule has 2 unspecified atom stereocenters. The Balaban J connectivity index is 1.44. The highest BCUT2D eigenvalue weighted by atomic mass is 16.7. The smallest absolute Gasteiger partial charge is 0.436 e. The van der Waals surface area contributed by atoms with Crippen LogP contribution in [0.1, 0.15) is 71.8 Å². The Kier molecular flexibility index (Phi) is 7.95. The largest absolute Gasteiger partial charge is 0.443 e. The summed E-state index contributed by atoms with van der Waals surface area (Å²) in [6.07, 6.45) is 2.86. The van der Waals surface area contributed by atoms with E-state index in [0.29, 0.717) is 24.9 Å². The molecule has 2 bridgehead atoms. The summed E-state index contributed by atoms with van der Waals surface area (Å²) in [4.78, 5) is 51.1. The van der Waals surface area contributed by atoms with Gasteiger partial charge in [0, 0.05) is 18.1 Å². The summed E-state index contributed by atoms with van der Waals surface area (Å²) in [5, 5.41) is 4.90. The van der Waals surface area contributed by atoms with E-state index in [-0.39, 0.29) is 42.8 Å². The molecule has 4 saturated heterocycles. The van der Waals surface area contributed by atoms with Crippen LogP contribution in [0.15, 0.2) is 30.3 Å². The predicted octanol–water partition coefficient (Wildman–Crippen LogP) is 3.68. The Morgan fingerprint density at radius 1 is 1.00 bits per heavy atom. The van der Waals surface area contributed by atoms with Gasteiger partial charge < -0.3 is 19.9 Å². The summed E-state index contributed by atoms with van der Waals surface area (Å²) >= 11 is 0. The lowest BCUT2D eigenvalue weighted by atomic mass is 9.91. The van der Waals surface area contributed by atoms with Gasteiger partial charge in [-0.25, -0.2) is 4.79 Å². The molecule has 5 rings (SSSR count). The third-order valence-electron chi connectivity index (χ3n) is 8.28. The molecule has 1 aromatic carbocycles. The molecule has 0 saturated carbocycles. The van der Waals surface area contributed by atoms with E-state index in [1.54, 1.807) is 4.90 Å². The highest BCUT2D eigenvalue weighted by molar-refractivity contribution is 5.92. The van der Waals surface area contributed by atoms with Crippen LogP contribution in [0, 0.1) is 11.8 Å². The molecule has 4 heterocycles. The Hall–Kier alpha value is -2.65. The second-order valence-corrected chi connectivity index (χ2v) is 12.2. The normalized spacial score (nSPS) is 31.3. The van der Waals surface area contributed by atoms with E-state index >= 15 is 0 Å². The topological polar surface area (TPSA) is 91.4 Å². The van der Waals surface area contributed by atoms with Gasteiger partial charge in [-0.2, -0.15) is 5.06 Å². The number of rotatable bonds is 7. The second kappa shape index (κ2) is 11.2. The van der Waals surface area contributed by atoms with Crippen molar-refractivity contribution in [3.05, 3.63) is 35.9 Å². The van der Waals surface area contributed by atoms with Crippen LogP contribution in [0.4, 0.5) is 4.79 Å². The van der Waals surface area contributed by atoms with Crippen molar-refractivity contribution in [2.45, 2.75) is 109 Å². The molecular weight excluding hydrogens is 484 g/mol. The Morgan fingerprint density at radius 2 is 1.66 bits per heavy atom. The van der Waals surface area contributed by atoms with E-state index < -0.39 is 24.4 Å². The van der Waals surface area contributed by atoms with E-state index in [2.05, 4.69) is 19.2 Å². The molecule has 1 N–H and O–H groups in total. The Bertz CT molecular complexity index is 1010. The van der Waals surface area contributed by atoms with Crippen LogP contribution in [-0.2, 0) is 25.8 Å². The van der Waals surface area contributed by atoms with Crippen molar-refractivity contribution in [2.75, 3.05) is 6.54 Å². The van der Waals surface area contributed by atoms with E-state index in [1.165, 1.54) is 5.06 Å². The van der Waals surface area contributed by atoms with Gasteiger partial charge in [0.05, 0.1) is 6.54 Å². The van der Waals surface area contributed by atoms with Gasteiger partial charge in [-0.3, -0.25) is 14.4 Å². The van der Waals surface area contributed by atoms with E-state index in [4.69, 9.17) is 9.57 Å². The molecule has 0 aromatic heterocycles. The van der Waals surface area contributed by atoms with Crippen molar-refractivity contribution < 1.29 is 24.0 Å². The van der Waals surface area contributed by atoms with Gasteiger partial charge in [0.25, 0.3) is 5.91 Å². The first-order chi connectivity index (χ1) is 18.2. The number of carbonyl (C=O) groups is 3. The zero-order chi connectivity index (χ0) is 27.0. The van der Waals surface area contributed by atoms with Gasteiger partial charge in [0.15, 0.2) is 12.3 Å². The molecule has 9 heteroatoms. The molecule has 0 spiro atoms. The molecule has 0 aliphatic carbocycles. The number of fused-ring (bicyclic) bond motifs is 3. The SMILES string of the molecule is CC(C)C[C@H]1ON(C(=O)OCc2ccccc2)[C@H]2CN(C3CC4CCC(C3)N4)C(=O)[C@H](CC(C)C)N2C1=O. The minimum atomic E-state index is -0.834. The minimum Gasteiger partial charge on any atom is -0.443 e. The first kappa shape index (κ1) is 26.9. The van der Waals surface area contributed by atoms with E-state index in [0.717, 1.165) is 31.2 Å². The lowest BCUT2D eigenvalue weighted by Crippen LogP contribution is -2.75. The number of nitrogens with zero attached hydrogens (tertiary/aromatic N) is 3. The molecule has 4 fully saturated rings. The van der Waals surface area contributed by atoms with Crippen molar-refractivity contribution >= 4 is 17.9 Å². The number of piperazine rings is 1. The average molecular weight is 527 g/mol. The molecule has 9 nitrogen and oxygen atoms in total. The fourth-order valence-electron chi connectivity index (χ4n) is 6.57. The van der Waals surface area contributed by atoms with Crippen LogP contribution in [0.3, 0.4) is 0 Å². The van der Waals surface area contributed by atoms with Crippen LogP contribution < -0.4 is 5.32 Å². The maximum absolute atomic E-state index is 14.0. The van der Waals surface area contributed by atoms with Crippen molar-refractivity contribution in [3.63, 3.8) is 0 Å². The number of ether oxygens (including phenoxy) is 1. The van der Waals surface area contributed by atoms with Crippen molar-refractivity contribution in [2.24, 2.45) is 11.8 Å². The van der Waals surface area contributed by atoms with E-state index in [9.17, 15) is 14.4 Å². The van der Waals surface area contributed by atoms with Gasteiger partial charge in [-0.15, -0.1) is 0 Å². The lowest BCUT2D eigenvalue weighted by molar-refractivity contribution is -0.270. The highest BCUT2D eigenvalue weighted by Crippen LogP contribution is 2.36. The van der Waals surface area contributed by atoms with E-state index in [1.807, 2.05) is 49.1 Å². The Morgan fingerprint density at radius 3 is 2.29 bits per heavy atom. The third-order valence-corrected chi connectivity index (χ3v) is 8.28. The zero-order valence-corrected chi connectivity index (χ0v) is 23.0. The van der Waals surface area contributed by atoms with Crippen LogP contribution in [0.5, 0.6) is 0 Å². The maximum atomic E-state index is 14.0. The number of benzene rings is 1. The van der Waals surface area contributed by atoms with Crippen LogP contribution in [-0.4, -0.2) is 75.8 Å². The number of hydroxylamine groups is 2. The second-order valence-electron chi connectivity index (χ2n) is 12.2. The number of amides is 3. The van der Waals surface area contributed by atoms with Crippen molar-refractivity contribution in [1.29, 1.82) is 0 Å². The third kappa shape index (κ3) is 5.54. The van der Waals surface area contributed by atoms with Crippen LogP contribution in [0.25, 0.3) is 0 Å². The summed E-state index contributed by atoms with van der Waals surface area (Å²) in [7, 11) is 0. The number of nitrogens with one attached hydrogen (secondary N) is 1. The number of hydrogen-bond donors (Lipinski definition) is 1. The fourth-order valence-corrected chi connectivity index (χ4v) is 6.57. The van der Waals surface area contributed by atoms with Gasteiger partial charge >= 0.3 is 6.09 Å². The molecule has 0 radical (unpaired) electrons. The minimum absolute atomic E-state index is 0.00241.